The van der Waals surface area contributed by atoms with Crippen molar-refractivity contribution in [3.8, 4) is 0 Å². The van der Waals surface area contributed by atoms with Gasteiger partial charge in [-0.3, -0.25) is 0 Å². The minimum atomic E-state index is 0.163. The Bertz CT molecular complexity index is 581. The molecule has 1 atom stereocenters. The molecule has 0 aliphatic rings. The van der Waals surface area contributed by atoms with Crippen LogP contribution in [0, 0.1) is 6.92 Å². The molecule has 0 amide bonds. The van der Waals surface area contributed by atoms with Gasteiger partial charge in [0.1, 0.15) is 0 Å². The summed E-state index contributed by atoms with van der Waals surface area (Å²) in [5, 5.41) is 0.821. The van der Waals surface area contributed by atoms with Crippen molar-refractivity contribution in [3.63, 3.8) is 0 Å². The number of thioether (sulfide) groups is 1. The van der Waals surface area contributed by atoms with E-state index in [0.29, 0.717) is 0 Å². The van der Waals surface area contributed by atoms with Crippen LogP contribution in [0.25, 0.3) is 0 Å². The fourth-order valence-corrected chi connectivity index (χ4v) is 3.45. The summed E-state index contributed by atoms with van der Waals surface area (Å²) in [6.45, 7) is 4.15. The van der Waals surface area contributed by atoms with Gasteiger partial charge in [-0.2, -0.15) is 0 Å². The van der Waals surface area contributed by atoms with E-state index < -0.39 is 0 Å². The van der Waals surface area contributed by atoms with Crippen molar-refractivity contribution in [1.82, 2.24) is 0 Å². The number of hydrogen-bond donors (Lipinski definition) is 1. The second kappa shape index (κ2) is 7.16. The Balaban J connectivity index is 2.05. The monoisotopic (exact) mass is 305 g/mol. The van der Waals surface area contributed by atoms with E-state index in [2.05, 4.69) is 43.3 Å². The molecule has 106 valence electrons. The number of hydrogen-bond acceptors (Lipinski definition) is 2. The molecule has 0 saturated carbocycles. The summed E-state index contributed by atoms with van der Waals surface area (Å²) in [6, 6.07) is 14.9. The molecule has 0 heterocycles. The van der Waals surface area contributed by atoms with E-state index in [1.807, 2.05) is 13.0 Å². The minimum absolute atomic E-state index is 0.163. The van der Waals surface area contributed by atoms with E-state index in [-0.39, 0.29) is 6.04 Å². The fourth-order valence-electron chi connectivity index (χ4n) is 2.09. The lowest BCUT2D eigenvalue weighted by Crippen LogP contribution is -2.17. The molecule has 2 aromatic carbocycles. The molecule has 2 N–H and O–H groups in total. The van der Waals surface area contributed by atoms with E-state index in [0.717, 1.165) is 22.1 Å². The average molecular weight is 306 g/mol. The predicted molar refractivity (Wildman–Crippen MR) is 89.5 cm³/mol. The van der Waals surface area contributed by atoms with Gasteiger partial charge in [0.15, 0.2) is 0 Å². The van der Waals surface area contributed by atoms with Crippen molar-refractivity contribution in [3.05, 3.63) is 64.2 Å². The number of halogens is 1. The summed E-state index contributed by atoms with van der Waals surface area (Å²) in [5.74, 6) is 0.943. The molecule has 0 spiro atoms. The Kier molecular flexibility index (Phi) is 5.53. The van der Waals surface area contributed by atoms with Gasteiger partial charge in [-0.25, -0.2) is 0 Å². The molecule has 20 heavy (non-hydrogen) atoms. The van der Waals surface area contributed by atoms with Crippen LogP contribution >= 0.6 is 23.4 Å². The highest BCUT2D eigenvalue weighted by Gasteiger charge is 2.06. The molecule has 0 saturated heterocycles. The molecule has 0 bridgehead atoms. The predicted octanol–water partition coefficient (Wildman–Crippen LogP) is 4.83. The van der Waals surface area contributed by atoms with Crippen molar-refractivity contribution in [2.45, 2.75) is 37.0 Å². The summed E-state index contributed by atoms with van der Waals surface area (Å²) >= 11 is 8.14. The third-order valence-electron chi connectivity index (χ3n) is 3.20. The maximum absolute atomic E-state index is 6.36. The Morgan fingerprint density at radius 1 is 1.20 bits per heavy atom. The van der Waals surface area contributed by atoms with E-state index in [1.54, 1.807) is 11.8 Å². The lowest BCUT2D eigenvalue weighted by Gasteiger charge is -2.10. The van der Waals surface area contributed by atoms with Gasteiger partial charge in [-0.1, -0.05) is 41.9 Å². The summed E-state index contributed by atoms with van der Waals surface area (Å²) in [5.41, 5.74) is 9.69. The van der Waals surface area contributed by atoms with Gasteiger partial charge in [0.25, 0.3) is 0 Å². The number of rotatable bonds is 5. The Morgan fingerprint density at radius 2 is 1.95 bits per heavy atom. The van der Waals surface area contributed by atoms with Crippen LogP contribution in [0.5, 0.6) is 0 Å². The first-order chi connectivity index (χ1) is 9.56. The molecule has 3 heteroatoms. The van der Waals surface area contributed by atoms with Gasteiger partial charge < -0.3 is 5.73 Å². The molecular weight excluding hydrogens is 286 g/mol. The molecule has 2 rings (SSSR count). The lowest BCUT2D eigenvalue weighted by molar-refractivity contribution is 0.738. The van der Waals surface area contributed by atoms with Crippen LogP contribution < -0.4 is 5.73 Å². The van der Waals surface area contributed by atoms with Crippen LogP contribution in [0.1, 0.15) is 23.6 Å². The lowest BCUT2D eigenvalue weighted by atomic mass is 10.1. The van der Waals surface area contributed by atoms with Crippen LogP contribution in [0.15, 0.2) is 47.4 Å². The Labute approximate surface area is 130 Å². The number of aryl methyl sites for hydroxylation is 1. The number of benzene rings is 2. The molecule has 1 unspecified atom stereocenters. The molecule has 0 aliphatic carbocycles. The van der Waals surface area contributed by atoms with E-state index in [4.69, 9.17) is 17.3 Å². The maximum atomic E-state index is 6.36. The summed E-state index contributed by atoms with van der Waals surface area (Å²) < 4.78 is 0. The minimum Gasteiger partial charge on any atom is -0.328 e. The van der Waals surface area contributed by atoms with Crippen LogP contribution in [-0.4, -0.2) is 6.04 Å². The van der Waals surface area contributed by atoms with E-state index in [1.165, 1.54) is 16.7 Å². The average Bonchev–Trinajstić information content (AvgIpc) is 2.39. The number of nitrogens with two attached hydrogens (primary N) is 1. The highest BCUT2D eigenvalue weighted by molar-refractivity contribution is 7.98. The summed E-state index contributed by atoms with van der Waals surface area (Å²) in [6.07, 6.45) is 0.864. The van der Waals surface area contributed by atoms with Gasteiger partial charge in [0, 0.05) is 16.7 Å². The second-order valence-corrected chi connectivity index (χ2v) is 6.59. The van der Waals surface area contributed by atoms with Crippen LogP contribution in [-0.2, 0) is 12.2 Å². The van der Waals surface area contributed by atoms with Crippen molar-refractivity contribution in [1.29, 1.82) is 0 Å². The third kappa shape index (κ3) is 4.27. The first-order valence-corrected chi connectivity index (χ1v) is 8.14. The van der Waals surface area contributed by atoms with Gasteiger partial charge in [0.05, 0.1) is 5.02 Å². The van der Waals surface area contributed by atoms with Crippen molar-refractivity contribution in [2.24, 2.45) is 5.73 Å². The van der Waals surface area contributed by atoms with Crippen LogP contribution in [0.3, 0.4) is 0 Å². The van der Waals surface area contributed by atoms with Crippen LogP contribution in [0.2, 0.25) is 5.02 Å². The smallest absolute Gasteiger partial charge is 0.0544 e. The van der Waals surface area contributed by atoms with Gasteiger partial charge in [-0.05, 0) is 49.1 Å². The largest absolute Gasteiger partial charge is 0.328 e. The molecular formula is C17H20ClNS. The first kappa shape index (κ1) is 15.4. The topological polar surface area (TPSA) is 26.0 Å². The SMILES string of the molecule is Cc1ccccc1CSc1ccc(CC(C)N)cc1Cl. The Hall–Kier alpha value is -0.960. The highest BCUT2D eigenvalue weighted by Crippen LogP contribution is 2.31. The molecule has 0 aromatic heterocycles. The quantitative estimate of drug-likeness (QED) is 0.801. The standard InChI is InChI=1S/C17H20ClNS/c1-12-5-3-4-6-15(12)11-20-17-8-7-14(9-13(2)19)10-16(17)18/h3-8,10,13H,9,11,19H2,1-2H3. The molecule has 0 radical (unpaired) electrons. The van der Waals surface area contributed by atoms with Crippen molar-refractivity contribution >= 4 is 23.4 Å². The Morgan fingerprint density at radius 3 is 2.60 bits per heavy atom. The van der Waals surface area contributed by atoms with Gasteiger partial charge >= 0.3 is 0 Å². The molecule has 0 fully saturated rings. The van der Waals surface area contributed by atoms with E-state index in [9.17, 15) is 0 Å². The highest BCUT2D eigenvalue weighted by atomic mass is 35.5. The third-order valence-corrected chi connectivity index (χ3v) is 4.75. The van der Waals surface area contributed by atoms with E-state index >= 15 is 0 Å². The summed E-state index contributed by atoms with van der Waals surface area (Å²) in [4.78, 5) is 1.13. The maximum Gasteiger partial charge on any atom is 0.0544 e. The zero-order valence-corrected chi connectivity index (χ0v) is 13.5. The van der Waals surface area contributed by atoms with Gasteiger partial charge in [0.2, 0.25) is 0 Å². The van der Waals surface area contributed by atoms with Gasteiger partial charge in [-0.15, -0.1) is 11.8 Å². The zero-order valence-electron chi connectivity index (χ0n) is 11.9. The van der Waals surface area contributed by atoms with Crippen LogP contribution in [0.4, 0.5) is 0 Å². The molecule has 1 nitrogen and oxygen atoms in total. The first-order valence-electron chi connectivity index (χ1n) is 6.77. The fraction of sp³-hybridized carbons (Fsp3) is 0.294. The second-order valence-electron chi connectivity index (χ2n) is 5.16. The zero-order chi connectivity index (χ0) is 14.5. The van der Waals surface area contributed by atoms with Crippen molar-refractivity contribution in [2.75, 3.05) is 0 Å². The molecule has 0 aliphatic heterocycles. The normalized spacial score (nSPS) is 12.4. The summed E-state index contributed by atoms with van der Waals surface area (Å²) in [7, 11) is 0. The molecule has 2 aromatic rings. The van der Waals surface area contributed by atoms with Crippen molar-refractivity contribution < 1.29 is 0 Å².